The molecule has 19 heavy (non-hydrogen) atoms. The number of hydrogen-bond donors (Lipinski definition) is 3. The van der Waals surface area contributed by atoms with Gasteiger partial charge in [-0.2, -0.15) is 5.10 Å². The average molecular weight is 287 g/mol. The molecule has 4 N–H and O–H groups in total. The molecule has 0 spiro atoms. The lowest BCUT2D eigenvalue weighted by molar-refractivity contribution is 0.329. The van der Waals surface area contributed by atoms with Gasteiger partial charge in [0.1, 0.15) is 0 Å². The molecule has 7 nitrogen and oxygen atoms in total. The minimum absolute atomic E-state index is 0.0153. The largest absolute Gasteiger partial charge is 0.326 e. The highest BCUT2D eigenvalue weighted by molar-refractivity contribution is 7.89. The van der Waals surface area contributed by atoms with Crippen molar-refractivity contribution in [2.45, 2.75) is 37.4 Å². The van der Waals surface area contributed by atoms with E-state index >= 15 is 0 Å². The summed E-state index contributed by atoms with van der Waals surface area (Å²) in [5, 5.41) is 6.51. The number of likely N-dealkylation sites (N-methyl/N-ethyl adjacent to an activating group) is 1. The average Bonchev–Trinajstić information content (AvgIpc) is 3.12. The highest BCUT2D eigenvalue weighted by Crippen LogP contribution is 2.24. The minimum Gasteiger partial charge on any atom is -0.326 e. The molecule has 0 aromatic carbocycles. The van der Waals surface area contributed by atoms with E-state index in [1.165, 1.54) is 12.8 Å². The zero-order valence-corrected chi connectivity index (χ0v) is 12.1. The van der Waals surface area contributed by atoms with Gasteiger partial charge in [0.25, 0.3) is 10.0 Å². The second-order valence-electron chi connectivity index (χ2n) is 4.95. The Morgan fingerprint density at radius 1 is 1.53 bits per heavy atom. The molecular weight excluding hydrogens is 266 g/mol. The van der Waals surface area contributed by atoms with Crippen LogP contribution in [0.15, 0.2) is 5.03 Å². The maximum absolute atomic E-state index is 12.1. The summed E-state index contributed by atoms with van der Waals surface area (Å²) >= 11 is 0. The summed E-state index contributed by atoms with van der Waals surface area (Å²) in [6.45, 7) is 2.99. The molecule has 0 saturated heterocycles. The SMILES string of the molecule is Cc1[nH]nc(S(=O)(=O)NCCN(C)C2CC2)c1CN. The van der Waals surface area contributed by atoms with Gasteiger partial charge in [0.15, 0.2) is 5.03 Å². The molecule has 1 heterocycles. The predicted octanol–water partition coefficient (Wildman–Crippen LogP) is -0.451. The molecule has 1 saturated carbocycles. The molecule has 0 radical (unpaired) electrons. The van der Waals surface area contributed by atoms with Gasteiger partial charge in [-0.3, -0.25) is 5.10 Å². The fourth-order valence-electron chi connectivity index (χ4n) is 2.02. The summed E-state index contributed by atoms with van der Waals surface area (Å²) in [5.41, 5.74) is 6.79. The van der Waals surface area contributed by atoms with Crippen molar-refractivity contribution in [1.29, 1.82) is 0 Å². The van der Waals surface area contributed by atoms with E-state index in [2.05, 4.69) is 19.8 Å². The van der Waals surface area contributed by atoms with Gasteiger partial charge in [-0.25, -0.2) is 13.1 Å². The molecule has 1 aliphatic rings. The van der Waals surface area contributed by atoms with Crippen molar-refractivity contribution in [2.24, 2.45) is 5.73 Å². The lowest BCUT2D eigenvalue weighted by Gasteiger charge is -2.15. The lowest BCUT2D eigenvalue weighted by atomic mass is 10.3. The van der Waals surface area contributed by atoms with Crippen molar-refractivity contribution in [3.05, 3.63) is 11.3 Å². The summed E-state index contributed by atoms with van der Waals surface area (Å²) in [6, 6.07) is 0.622. The standard InChI is InChI=1S/C11H21N5O2S/c1-8-10(7-12)11(15-14-8)19(17,18)13-5-6-16(2)9-3-4-9/h9,13H,3-7,12H2,1-2H3,(H,14,15). The van der Waals surface area contributed by atoms with Gasteiger partial charge >= 0.3 is 0 Å². The first kappa shape index (κ1) is 14.4. The van der Waals surface area contributed by atoms with E-state index in [1.807, 2.05) is 7.05 Å². The van der Waals surface area contributed by atoms with Crippen molar-refractivity contribution in [3.63, 3.8) is 0 Å². The normalized spacial score (nSPS) is 16.2. The summed E-state index contributed by atoms with van der Waals surface area (Å²) in [6.07, 6.45) is 2.41. The number of aromatic nitrogens is 2. The van der Waals surface area contributed by atoms with Crippen molar-refractivity contribution < 1.29 is 8.42 Å². The van der Waals surface area contributed by atoms with Crippen LogP contribution in [-0.4, -0.2) is 49.7 Å². The first-order chi connectivity index (χ1) is 8.95. The third-order valence-corrected chi connectivity index (χ3v) is 4.85. The summed E-state index contributed by atoms with van der Waals surface area (Å²) in [5.74, 6) is 0. The second kappa shape index (κ2) is 5.58. The maximum Gasteiger partial charge on any atom is 0.260 e. The van der Waals surface area contributed by atoms with Gasteiger partial charge in [-0.1, -0.05) is 0 Å². The Morgan fingerprint density at radius 2 is 2.21 bits per heavy atom. The number of H-pyrrole nitrogens is 1. The molecule has 1 aromatic heterocycles. The third-order valence-electron chi connectivity index (χ3n) is 3.42. The van der Waals surface area contributed by atoms with Crippen LogP contribution in [0.4, 0.5) is 0 Å². The van der Waals surface area contributed by atoms with Crippen molar-refractivity contribution in [2.75, 3.05) is 20.1 Å². The molecule has 2 rings (SSSR count). The monoisotopic (exact) mass is 287 g/mol. The number of nitrogens with one attached hydrogen (secondary N) is 2. The summed E-state index contributed by atoms with van der Waals surface area (Å²) in [7, 11) is -1.57. The third kappa shape index (κ3) is 3.33. The van der Waals surface area contributed by atoms with Crippen molar-refractivity contribution in [3.8, 4) is 0 Å². The Hall–Kier alpha value is -0.960. The highest BCUT2D eigenvalue weighted by atomic mass is 32.2. The predicted molar refractivity (Wildman–Crippen MR) is 72.1 cm³/mol. The number of nitrogens with zero attached hydrogens (tertiary/aromatic N) is 2. The first-order valence-electron chi connectivity index (χ1n) is 6.39. The van der Waals surface area contributed by atoms with Crippen LogP contribution >= 0.6 is 0 Å². The highest BCUT2D eigenvalue weighted by Gasteiger charge is 2.27. The molecule has 0 aliphatic heterocycles. The number of rotatable bonds is 7. The van der Waals surface area contributed by atoms with E-state index < -0.39 is 10.0 Å². The van der Waals surface area contributed by atoms with Crippen LogP contribution in [0.25, 0.3) is 0 Å². The Labute approximate surface area is 113 Å². The first-order valence-corrected chi connectivity index (χ1v) is 7.88. The fourth-order valence-corrected chi connectivity index (χ4v) is 3.24. The zero-order chi connectivity index (χ0) is 14.0. The number of aryl methyl sites for hydroxylation is 1. The van der Waals surface area contributed by atoms with Crippen molar-refractivity contribution in [1.82, 2.24) is 19.8 Å². The smallest absolute Gasteiger partial charge is 0.260 e. The molecule has 1 aromatic rings. The van der Waals surface area contributed by atoms with E-state index in [9.17, 15) is 8.42 Å². The number of sulfonamides is 1. The quantitative estimate of drug-likeness (QED) is 0.630. The van der Waals surface area contributed by atoms with Gasteiger partial charge in [0.2, 0.25) is 0 Å². The maximum atomic E-state index is 12.1. The van der Waals surface area contributed by atoms with Crippen molar-refractivity contribution >= 4 is 10.0 Å². The Morgan fingerprint density at radius 3 is 2.79 bits per heavy atom. The van der Waals surface area contributed by atoms with E-state index in [4.69, 9.17) is 5.73 Å². The van der Waals surface area contributed by atoms with Gasteiger partial charge in [0, 0.05) is 36.9 Å². The van der Waals surface area contributed by atoms with Gasteiger partial charge in [0.05, 0.1) is 0 Å². The van der Waals surface area contributed by atoms with Crippen LogP contribution in [0.5, 0.6) is 0 Å². The molecule has 0 amide bonds. The molecular formula is C11H21N5O2S. The molecule has 0 unspecified atom stereocenters. The Kier molecular flexibility index (Phi) is 4.24. The molecule has 0 atom stereocenters. The Balaban J connectivity index is 1.97. The number of nitrogens with two attached hydrogens (primary N) is 1. The second-order valence-corrected chi connectivity index (χ2v) is 6.63. The van der Waals surface area contributed by atoms with Crippen LogP contribution in [-0.2, 0) is 16.6 Å². The summed E-state index contributed by atoms with van der Waals surface area (Å²) in [4.78, 5) is 2.17. The summed E-state index contributed by atoms with van der Waals surface area (Å²) < 4.78 is 26.8. The fraction of sp³-hybridized carbons (Fsp3) is 0.727. The molecule has 1 fully saturated rings. The minimum atomic E-state index is -3.58. The van der Waals surface area contributed by atoms with E-state index in [-0.39, 0.29) is 11.6 Å². The van der Waals surface area contributed by atoms with Gasteiger partial charge in [-0.15, -0.1) is 0 Å². The van der Waals surface area contributed by atoms with Crippen LogP contribution in [0.3, 0.4) is 0 Å². The van der Waals surface area contributed by atoms with E-state index in [1.54, 1.807) is 6.92 Å². The molecule has 8 heteroatoms. The van der Waals surface area contributed by atoms with E-state index in [0.717, 1.165) is 0 Å². The van der Waals surface area contributed by atoms with Crippen LogP contribution in [0.2, 0.25) is 0 Å². The van der Waals surface area contributed by atoms with E-state index in [0.29, 0.717) is 30.4 Å². The van der Waals surface area contributed by atoms with Gasteiger partial charge < -0.3 is 10.6 Å². The number of aromatic amines is 1. The topological polar surface area (TPSA) is 104 Å². The number of hydrogen-bond acceptors (Lipinski definition) is 5. The van der Waals surface area contributed by atoms with Gasteiger partial charge in [-0.05, 0) is 26.8 Å². The molecule has 0 bridgehead atoms. The molecule has 1 aliphatic carbocycles. The van der Waals surface area contributed by atoms with Crippen LogP contribution < -0.4 is 10.5 Å². The lowest BCUT2D eigenvalue weighted by Crippen LogP contribution is -2.34. The molecule has 108 valence electrons. The van der Waals surface area contributed by atoms with Crippen LogP contribution in [0.1, 0.15) is 24.1 Å². The Bertz CT molecular complexity index is 535. The zero-order valence-electron chi connectivity index (χ0n) is 11.3. The van der Waals surface area contributed by atoms with Crippen LogP contribution in [0, 0.1) is 6.92 Å².